The van der Waals surface area contributed by atoms with Gasteiger partial charge in [-0.25, -0.2) is 0 Å². The van der Waals surface area contributed by atoms with Gasteiger partial charge in [0.2, 0.25) is 5.89 Å². The van der Waals surface area contributed by atoms with E-state index in [1.807, 2.05) is 19.1 Å². The first-order chi connectivity index (χ1) is 12.0. The van der Waals surface area contributed by atoms with Crippen molar-refractivity contribution in [3.63, 3.8) is 0 Å². The molecule has 1 aromatic carbocycles. The summed E-state index contributed by atoms with van der Waals surface area (Å²) < 4.78 is 7.13. The molecule has 2 aromatic heterocycles. The number of hydrogen-bond acceptors (Lipinski definition) is 6. The average Bonchev–Trinajstić information content (AvgIpc) is 3.16. The SMILES string of the molecule is CCSc1ccc(Cc2nnc(NC(=O)c3cc(C)n(C)n3)o2)cc1. The minimum Gasteiger partial charge on any atom is -0.407 e. The van der Waals surface area contributed by atoms with E-state index in [4.69, 9.17) is 4.42 Å². The molecule has 3 rings (SSSR count). The molecule has 0 aliphatic rings. The number of aromatic nitrogens is 4. The van der Waals surface area contributed by atoms with E-state index in [9.17, 15) is 4.79 Å². The van der Waals surface area contributed by atoms with Gasteiger partial charge in [-0.05, 0) is 36.4 Å². The molecule has 25 heavy (non-hydrogen) atoms. The molecule has 0 saturated carbocycles. The van der Waals surface area contributed by atoms with Crippen LogP contribution >= 0.6 is 11.8 Å². The third-order valence-electron chi connectivity index (χ3n) is 3.62. The summed E-state index contributed by atoms with van der Waals surface area (Å²) in [6.07, 6.45) is 0.517. The van der Waals surface area contributed by atoms with Crippen LogP contribution in [0.5, 0.6) is 0 Å². The van der Waals surface area contributed by atoms with Gasteiger partial charge < -0.3 is 4.42 Å². The van der Waals surface area contributed by atoms with Crippen LogP contribution in [-0.2, 0) is 13.5 Å². The number of carbonyl (C=O) groups is 1. The molecule has 0 unspecified atom stereocenters. The summed E-state index contributed by atoms with van der Waals surface area (Å²) in [6, 6.07) is 10.00. The molecular formula is C17H19N5O2S. The molecule has 2 heterocycles. The summed E-state index contributed by atoms with van der Waals surface area (Å²) in [7, 11) is 1.78. The lowest BCUT2D eigenvalue weighted by molar-refractivity contribution is 0.101. The van der Waals surface area contributed by atoms with Gasteiger partial charge in [0, 0.05) is 17.6 Å². The highest BCUT2D eigenvalue weighted by molar-refractivity contribution is 7.99. The number of nitrogens with one attached hydrogen (secondary N) is 1. The van der Waals surface area contributed by atoms with Gasteiger partial charge in [-0.2, -0.15) is 5.10 Å². The second-order valence-electron chi connectivity index (χ2n) is 5.50. The first-order valence-corrected chi connectivity index (χ1v) is 8.90. The number of amides is 1. The van der Waals surface area contributed by atoms with Crippen LogP contribution in [0.25, 0.3) is 0 Å². The third-order valence-corrected chi connectivity index (χ3v) is 4.52. The van der Waals surface area contributed by atoms with Crippen LogP contribution in [0.3, 0.4) is 0 Å². The smallest absolute Gasteiger partial charge is 0.322 e. The molecule has 0 fully saturated rings. The van der Waals surface area contributed by atoms with Crippen molar-refractivity contribution in [2.45, 2.75) is 25.2 Å². The largest absolute Gasteiger partial charge is 0.407 e. The second kappa shape index (κ2) is 7.52. The number of benzene rings is 1. The lowest BCUT2D eigenvalue weighted by atomic mass is 10.1. The van der Waals surface area contributed by atoms with Crippen LogP contribution in [0.4, 0.5) is 6.01 Å². The first kappa shape index (κ1) is 17.2. The molecule has 0 atom stereocenters. The van der Waals surface area contributed by atoms with Crippen molar-refractivity contribution in [3.05, 3.63) is 53.2 Å². The number of thioether (sulfide) groups is 1. The van der Waals surface area contributed by atoms with Crippen molar-refractivity contribution in [3.8, 4) is 0 Å². The Morgan fingerprint density at radius 1 is 1.28 bits per heavy atom. The average molecular weight is 357 g/mol. The van der Waals surface area contributed by atoms with Gasteiger partial charge in [0.1, 0.15) is 0 Å². The van der Waals surface area contributed by atoms with Gasteiger partial charge in [0.05, 0.1) is 6.42 Å². The Balaban J connectivity index is 1.62. The van der Waals surface area contributed by atoms with E-state index in [1.54, 1.807) is 29.6 Å². The van der Waals surface area contributed by atoms with E-state index in [1.165, 1.54) is 4.90 Å². The lowest BCUT2D eigenvalue weighted by Gasteiger charge is -2.00. The first-order valence-electron chi connectivity index (χ1n) is 7.91. The van der Waals surface area contributed by atoms with Crippen molar-refractivity contribution in [2.24, 2.45) is 7.05 Å². The fourth-order valence-electron chi connectivity index (χ4n) is 2.25. The summed E-state index contributed by atoms with van der Waals surface area (Å²) in [5.74, 6) is 1.12. The number of hydrogen-bond donors (Lipinski definition) is 1. The predicted molar refractivity (Wildman–Crippen MR) is 95.8 cm³/mol. The number of rotatable bonds is 6. The molecule has 1 amide bonds. The molecule has 8 heteroatoms. The van der Waals surface area contributed by atoms with Crippen LogP contribution in [0.2, 0.25) is 0 Å². The zero-order valence-corrected chi connectivity index (χ0v) is 15.1. The zero-order valence-electron chi connectivity index (χ0n) is 14.3. The molecule has 7 nitrogen and oxygen atoms in total. The summed E-state index contributed by atoms with van der Waals surface area (Å²) in [6.45, 7) is 4.00. The Kier molecular flexibility index (Phi) is 5.18. The number of carbonyl (C=O) groups excluding carboxylic acids is 1. The minimum absolute atomic E-state index is 0.0708. The Hall–Kier alpha value is -2.61. The van der Waals surface area contributed by atoms with Gasteiger partial charge in [-0.15, -0.1) is 16.9 Å². The highest BCUT2D eigenvalue weighted by Gasteiger charge is 2.15. The van der Waals surface area contributed by atoms with E-state index in [-0.39, 0.29) is 11.9 Å². The Morgan fingerprint density at radius 2 is 2.04 bits per heavy atom. The molecule has 3 aromatic rings. The highest BCUT2D eigenvalue weighted by atomic mass is 32.2. The van der Waals surface area contributed by atoms with Gasteiger partial charge in [-0.1, -0.05) is 24.2 Å². The maximum absolute atomic E-state index is 12.1. The van der Waals surface area contributed by atoms with E-state index < -0.39 is 0 Å². The number of nitrogens with zero attached hydrogens (tertiary/aromatic N) is 4. The fourth-order valence-corrected chi connectivity index (χ4v) is 2.91. The van der Waals surface area contributed by atoms with Crippen LogP contribution in [0.1, 0.15) is 34.6 Å². The van der Waals surface area contributed by atoms with Gasteiger partial charge >= 0.3 is 6.01 Å². The van der Waals surface area contributed by atoms with Crippen molar-refractivity contribution in [1.82, 2.24) is 20.0 Å². The lowest BCUT2D eigenvalue weighted by Crippen LogP contribution is -2.13. The van der Waals surface area contributed by atoms with Gasteiger partial charge in [0.15, 0.2) is 5.69 Å². The zero-order chi connectivity index (χ0) is 17.8. The molecule has 0 radical (unpaired) electrons. The fraction of sp³-hybridized carbons (Fsp3) is 0.294. The Morgan fingerprint density at radius 3 is 2.68 bits per heavy atom. The van der Waals surface area contributed by atoms with Crippen molar-refractivity contribution in [1.29, 1.82) is 0 Å². The normalized spacial score (nSPS) is 10.8. The van der Waals surface area contributed by atoms with Crippen LogP contribution < -0.4 is 5.32 Å². The maximum atomic E-state index is 12.1. The topological polar surface area (TPSA) is 85.8 Å². The molecule has 0 spiro atoms. The van der Waals surface area contributed by atoms with Crippen LogP contribution in [0.15, 0.2) is 39.6 Å². The van der Waals surface area contributed by atoms with Crippen LogP contribution in [0, 0.1) is 6.92 Å². The molecule has 130 valence electrons. The molecule has 1 N–H and O–H groups in total. The molecule has 0 saturated heterocycles. The summed E-state index contributed by atoms with van der Waals surface area (Å²) in [5.41, 5.74) is 2.27. The molecule has 0 bridgehead atoms. The maximum Gasteiger partial charge on any atom is 0.322 e. The standard InChI is InChI=1S/C17H19N5O2S/c1-4-25-13-7-5-12(6-8-13)10-15-19-20-17(24-15)18-16(23)14-9-11(2)22(3)21-14/h5-9H,4,10H2,1-3H3,(H,18,20,23). The minimum atomic E-state index is -0.375. The van der Waals surface area contributed by atoms with Crippen LogP contribution in [-0.4, -0.2) is 31.6 Å². The molecular weight excluding hydrogens is 338 g/mol. The molecule has 0 aliphatic heterocycles. The summed E-state index contributed by atoms with van der Waals surface area (Å²) in [4.78, 5) is 13.4. The van der Waals surface area contributed by atoms with Crippen molar-refractivity contribution >= 4 is 23.7 Å². The van der Waals surface area contributed by atoms with Crippen molar-refractivity contribution < 1.29 is 9.21 Å². The Labute approximate surface area is 149 Å². The molecule has 0 aliphatic carbocycles. The van der Waals surface area contributed by atoms with E-state index in [0.717, 1.165) is 17.0 Å². The Bertz CT molecular complexity index is 850. The van der Waals surface area contributed by atoms with E-state index >= 15 is 0 Å². The monoisotopic (exact) mass is 357 g/mol. The van der Waals surface area contributed by atoms with Gasteiger partial charge in [0.25, 0.3) is 5.91 Å². The summed E-state index contributed by atoms with van der Waals surface area (Å²) >= 11 is 1.80. The van der Waals surface area contributed by atoms with Crippen molar-refractivity contribution in [2.75, 3.05) is 11.1 Å². The van der Waals surface area contributed by atoms with E-state index in [0.29, 0.717) is 18.0 Å². The van der Waals surface area contributed by atoms with E-state index in [2.05, 4.69) is 39.7 Å². The quantitative estimate of drug-likeness (QED) is 0.682. The highest BCUT2D eigenvalue weighted by Crippen LogP contribution is 2.19. The third kappa shape index (κ3) is 4.27. The summed E-state index contributed by atoms with van der Waals surface area (Å²) in [5, 5.41) is 14.5. The predicted octanol–water partition coefficient (Wildman–Crippen LogP) is 3.07. The second-order valence-corrected chi connectivity index (χ2v) is 6.84. The number of aryl methyl sites for hydroxylation is 2. The van der Waals surface area contributed by atoms with Gasteiger partial charge in [-0.3, -0.25) is 14.8 Å². The number of anilines is 1.